The van der Waals surface area contributed by atoms with Gasteiger partial charge in [-0.3, -0.25) is 19.1 Å². The summed E-state index contributed by atoms with van der Waals surface area (Å²) in [5.41, 5.74) is -6.23. The molecule has 1 saturated heterocycles. The Bertz CT molecular complexity index is 1940. The van der Waals surface area contributed by atoms with Crippen LogP contribution in [0.25, 0.3) is 10.9 Å². The molecular weight excluding hydrogens is 764 g/mol. The fraction of sp³-hybridized carbons (Fsp3) is 0.571. The zero-order valence-corrected chi connectivity index (χ0v) is 31.7. The molecule has 2 aliphatic rings. The predicted octanol–water partition coefficient (Wildman–Crippen LogP) is 5.23. The Labute approximate surface area is 313 Å². The van der Waals surface area contributed by atoms with Gasteiger partial charge < -0.3 is 25.0 Å². The number of para-hydroxylation sites is 1. The van der Waals surface area contributed by atoms with E-state index in [1.165, 1.54) is 6.08 Å². The fourth-order valence-corrected chi connectivity index (χ4v) is 7.17. The Morgan fingerprint density at radius 3 is 2.16 bits per heavy atom. The molecule has 304 valence electrons. The van der Waals surface area contributed by atoms with Crippen LogP contribution in [0.3, 0.4) is 0 Å². The van der Waals surface area contributed by atoms with Crippen LogP contribution in [0.1, 0.15) is 78.5 Å². The first-order chi connectivity index (χ1) is 25.1. The number of alkyl halides is 6. The number of likely N-dealkylation sites (tertiary alicyclic amines) is 1. The zero-order chi connectivity index (χ0) is 41.5. The molecule has 1 aromatic heterocycles. The molecule has 4 rings (SSSR count). The number of carbonyl (C=O) groups excluding carboxylic acids is 4. The molecule has 20 heteroatoms. The summed E-state index contributed by atoms with van der Waals surface area (Å²) < 4.78 is 122. The number of fused-ring (bicyclic) bond motifs is 1. The first-order valence-corrected chi connectivity index (χ1v) is 18.7. The minimum atomic E-state index is -5.20. The summed E-state index contributed by atoms with van der Waals surface area (Å²) in [5.74, 6) is -3.65. The van der Waals surface area contributed by atoms with Gasteiger partial charge in [-0.25, -0.2) is 18.2 Å². The lowest BCUT2D eigenvalue weighted by Crippen LogP contribution is -2.59. The number of amides is 4. The first-order valence-electron chi connectivity index (χ1n) is 17.1. The molecule has 1 aromatic carbocycles. The Balaban J connectivity index is 1.75. The summed E-state index contributed by atoms with van der Waals surface area (Å²) in [6.07, 6.45) is -11.4. The minimum absolute atomic E-state index is 0.256. The number of sulfonamides is 1. The van der Waals surface area contributed by atoms with Crippen LogP contribution >= 0.6 is 0 Å². The number of alkyl carbamates (subject to hydrolysis) is 1. The second-order valence-corrected chi connectivity index (χ2v) is 17.4. The van der Waals surface area contributed by atoms with Gasteiger partial charge in [0.25, 0.3) is 5.91 Å². The van der Waals surface area contributed by atoms with Gasteiger partial charge in [0.2, 0.25) is 21.8 Å². The van der Waals surface area contributed by atoms with E-state index >= 15 is 0 Å². The lowest BCUT2D eigenvalue weighted by molar-refractivity contribution is -0.142. The molecule has 1 aliphatic carbocycles. The SMILES string of the molecule is C=CCC(NC(=O)[C@H]1C[C@@H](Oc2cc(C(F)(F)F)nc3c(C(F)(F)F)cccc23)CN1C(=O)[C@@H](NC(=O)OC(C)(C)C)C(C)(C)C)C(=O)NS(=O)(=O)C1CC1. The third kappa shape index (κ3) is 10.8. The van der Waals surface area contributed by atoms with Crippen molar-refractivity contribution in [1.82, 2.24) is 25.2 Å². The highest BCUT2D eigenvalue weighted by Gasteiger charge is 2.47. The molecule has 13 nitrogen and oxygen atoms in total. The maximum Gasteiger partial charge on any atom is 0.433 e. The molecular formula is C35H43F6N5O8S. The van der Waals surface area contributed by atoms with Crippen molar-refractivity contribution >= 4 is 44.7 Å². The van der Waals surface area contributed by atoms with E-state index in [4.69, 9.17) is 9.47 Å². The number of aromatic nitrogens is 1. The van der Waals surface area contributed by atoms with E-state index in [-0.39, 0.29) is 6.42 Å². The van der Waals surface area contributed by atoms with Crippen LogP contribution in [0.15, 0.2) is 36.9 Å². The van der Waals surface area contributed by atoms with Crippen molar-refractivity contribution in [2.75, 3.05) is 6.54 Å². The second-order valence-electron chi connectivity index (χ2n) is 15.4. The minimum Gasteiger partial charge on any atom is -0.488 e. The molecule has 2 heterocycles. The normalized spacial score (nSPS) is 19.3. The van der Waals surface area contributed by atoms with Crippen LogP contribution in [0.4, 0.5) is 31.1 Å². The third-order valence-corrected chi connectivity index (χ3v) is 10.4. The quantitative estimate of drug-likeness (QED) is 0.203. The number of benzene rings is 1. The molecule has 2 aromatic rings. The molecule has 1 aliphatic heterocycles. The van der Waals surface area contributed by atoms with Gasteiger partial charge in [0.15, 0.2) is 0 Å². The standard InChI is InChI=1S/C35H43F6N5O8S/c1-8-10-22(28(47)45-55(51,52)19-13-14-19)42-29(48)23-15-18(17-46(23)30(49)27(32(2,3)4)44-31(50)54-33(5,6)7)53-24-16-25(35(39,40)41)43-26-20(24)11-9-12-21(26)34(36,37)38/h8-9,11-12,16,18-19,22-23,27H,1,10,13-15,17H2,2-7H3,(H,42,48)(H,44,50)(H,45,47)/t18-,22?,23-,27-/m1/s1. The van der Waals surface area contributed by atoms with Crippen molar-refractivity contribution in [3.63, 3.8) is 0 Å². The Morgan fingerprint density at radius 1 is 1.00 bits per heavy atom. The zero-order valence-electron chi connectivity index (χ0n) is 30.9. The Hall–Kier alpha value is -4.62. The van der Waals surface area contributed by atoms with E-state index in [9.17, 15) is 53.9 Å². The lowest BCUT2D eigenvalue weighted by Gasteiger charge is -2.35. The number of nitrogens with zero attached hydrogens (tertiary/aromatic N) is 2. The van der Waals surface area contributed by atoms with Crippen molar-refractivity contribution in [1.29, 1.82) is 0 Å². The van der Waals surface area contributed by atoms with E-state index in [1.807, 2.05) is 4.72 Å². The molecule has 4 atom stereocenters. The highest BCUT2D eigenvalue weighted by molar-refractivity contribution is 7.90. The van der Waals surface area contributed by atoms with Gasteiger partial charge in [-0.05, 0) is 57.6 Å². The molecule has 2 fully saturated rings. The van der Waals surface area contributed by atoms with Crippen molar-refractivity contribution in [2.45, 2.75) is 115 Å². The van der Waals surface area contributed by atoms with Gasteiger partial charge in [0.1, 0.15) is 41.3 Å². The molecule has 0 spiro atoms. The van der Waals surface area contributed by atoms with Gasteiger partial charge in [-0.2, -0.15) is 26.3 Å². The van der Waals surface area contributed by atoms with E-state index in [1.54, 1.807) is 41.5 Å². The maximum absolute atomic E-state index is 14.3. The van der Waals surface area contributed by atoms with Gasteiger partial charge in [0.05, 0.1) is 22.9 Å². The third-order valence-electron chi connectivity index (χ3n) is 8.55. The van der Waals surface area contributed by atoms with E-state index in [0.717, 1.165) is 17.0 Å². The summed E-state index contributed by atoms with van der Waals surface area (Å²) in [4.78, 5) is 58.5. The number of hydrogen-bond donors (Lipinski definition) is 3. The summed E-state index contributed by atoms with van der Waals surface area (Å²) >= 11 is 0. The average Bonchev–Trinajstić information content (AvgIpc) is 3.81. The van der Waals surface area contributed by atoms with Crippen molar-refractivity contribution in [3.8, 4) is 5.75 Å². The van der Waals surface area contributed by atoms with E-state index in [0.29, 0.717) is 25.0 Å². The molecule has 1 saturated carbocycles. The van der Waals surface area contributed by atoms with Gasteiger partial charge in [-0.15, -0.1) is 6.58 Å². The fourth-order valence-electron chi connectivity index (χ4n) is 5.82. The number of hydrogen-bond acceptors (Lipinski definition) is 9. The lowest BCUT2D eigenvalue weighted by atomic mass is 9.85. The Kier molecular flexibility index (Phi) is 12.1. The monoisotopic (exact) mass is 807 g/mol. The molecule has 3 N–H and O–H groups in total. The van der Waals surface area contributed by atoms with Gasteiger partial charge >= 0.3 is 18.4 Å². The largest absolute Gasteiger partial charge is 0.488 e. The van der Waals surface area contributed by atoms with Crippen molar-refractivity contribution in [3.05, 3.63) is 48.2 Å². The van der Waals surface area contributed by atoms with Crippen LogP contribution in [-0.4, -0.2) is 83.7 Å². The summed E-state index contributed by atoms with van der Waals surface area (Å²) in [5, 5.41) is 3.69. The van der Waals surface area contributed by atoms with Crippen molar-refractivity contribution in [2.24, 2.45) is 5.41 Å². The van der Waals surface area contributed by atoms with E-state index < -0.39 is 128 Å². The van der Waals surface area contributed by atoms with Crippen LogP contribution in [0.5, 0.6) is 5.75 Å². The van der Waals surface area contributed by atoms with Gasteiger partial charge in [0, 0.05) is 17.9 Å². The number of pyridine rings is 1. The maximum atomic E-state index is 14.3. The first kappa shape index (κ1) is 43.1. The predicted molar refractivity (Wildman–Crippen MR) is 186 cm³/mol. The molecule has 1 unspecified atom stereocenters. The van der Waals surface area contributed by atoms with Crippen LogP contribution < -0.4 is 20.1 Å². The summed E-state index contributed by atoms with van der Waals surface area (Å²) in [6, 6.07) is -1.44. The number of ether oxygens (including phenoxy) is 2. The topological polar surface area (TPSA) is 173 Å². The average molecular weight is 808 g/mol. The van der Waals surface area contributed by atoms with E-state index in [2.05, 4.69) is 22.2 Å². The molecule has 55 heavy (non-hydrogen) atoms. The molecule has 0 radical (unpaired) electrons. The second kappa shape index (κ2) is 15.5. The highest BCUT2D eigenvalue weighted by atomic mass is 32.2. The number of nitrogens with one attached hydrogen (secondary N) is 3. The van der Waals surface area contributed by atoms with Crippen LogP contribution in [0, 0.1) is 5.41 Å². The number of carbonyl (C=O) groups is 4. The van der Waals surface area contributed by atoms with Crippen LogP contribution in [-0.2, 0) is 41.5 Å². The van der Waals surface area contributed by atoms with Gasteiger partial charge in [-0.1, -0.05) is 32.9 Å². The molecule has 0 bridgehead atoms. The highest BCUT2D eigenvalue weighted by Crippen LogP contribution is 2.41. The number of halogens is 6. The summed E-state index contributed by atoms with van der Waals surface area (Å²) in [7, 11) is -4.05. The summed E-state index contributed by atoms with van der Waals surface area (Å²) in [6.45, 7) is 12.5. The smallest absolute Gasteiger partial charge is 0.433 e. The van der Waals surface area contributed by atoms with Crippen molar-refractivity contribution < 1.29 is 63.4 Å². The Morgan fingerprint density at radius 2 is 1.64 bits per heavy atom. The molecule has 4 amide bonds. The number of rotatable bonds is 11. The van der Waals surface area contributed by atoms with Crippen LogP contribution in [0.2, 0.25) is 0 Å².